The number of nitrogens with two attached hydrogens (primary N) is 1. The van der Waals surface area contributed by atoms with Crippen molar-refractivity contribution in [1.82, 2.24) is 14.9 Å². The van der Waals surface area contributed by atoms with Gasteiger partial charge in [0.15, 0.2) is 0 Å². The molecule has 0 unspecified atom stereocenters. The van der Waals surface area contributed by atoms with Gasteiger partial charge in [-0.1, -0.05) is 24.8 Å². The third-order valence-electron chi connectivity index (χ3n) is 7.12. The maximum Gasteiger partial charge on any atom is 0.255 e. The lowest BCUT2D eigenvalue weighted by atomic mass is 9.96. The van der Waals surface area contributed by atoms with Crippen molar-refractivity contribution in [3.63, 3.8) is 0 Å². The zero-order valence-electron chi connectivity index (χ0n) is 22.0. The van der Waals surface area contributed by atoms with Gasteiger partial charge in [-0.2, -0.15) is 5.26 Å². The predicted molar refractivity (Wildman–Crippen MR) is 151 cm³/mol. The van der Waals surface area contributed by atoms with Crippen LogP contribution in [0.2, 0.25) is 0 Å². The number of hydrogen-bond acceptors (Lipinski definition) is 6. The van der Waals surface area contributed by atoms with Crippen LogP contribution < -0.4 is 21.1 Å². The molecular formula is C30H28N6O3. The highest BCUT2D eigenvalue weighted by molar-refractivity contribution is 6.11. The number of nitrogens with one attached hydrogen (secondary N) is 2. The van der Waals surface area contributed by atoms with Gasteiger partial charge in [-0.25, -0.2) is 4.98 Å². The second kappa shape index (κ2) is 9.65. The second-order valence-electron chi connectivity index (χ2n) is 9.88. The quantitative estimate of drug-likeness (QED) is 0.300. The van der Waals surface area contributed by atoms with Crippen molar-refractivity contribution in [2.45, 2.75) is 25.3 Å². The average molecular weight is 521 g/mol. The molecule has 0 atom stereocenters. The highest BCUT2D eigenvalue weighted by Crippen LogP contribution is 2.44. The van der Waals surface area contributed by atoms with Gasteiger partial charge < -0.3 is 25.7 Å². The maximum atomic E-state index is 13.0. The van der Waals surface area contributed by atoms with Crippen LogP contribution in [0.15, 0.2) is 61.3 Å². The number of amides is 2. The first kappa shape index (κ1) is 25.5. The number of methoxy groups -OCH3 is 1. The number of pyridine rings is 1. The van der Waals surface area contributed by atoms with E-state index in [9.17, 15) is 14.9 Å². The first-order valence-electron chi connectivity index (χ1n) is 12.4. The van der Waals surface area contributed by atoms with Gasteiger partial charge >= 0.3 is 0 Å². The lowest BCUT2D eigenvalue weighted by Crippen LogP contribution is -2.34. The van der Waals surface area contributed by atoms with Gasteiger partial charge in [0, 0.05) is 30.0 Å². The smallest absolute Gasteiger partial charge is 0.255 e. The molecule has 0 bridgehead atoms. The number of carbonyl (C=O) groups excluding carboxylic acids is 2. The van der Waals surface area contributed by atoms with Gasteiger partial charge in [0.1, 0.15) is 17.6 Å². The summed E-state index contributed by atoms with van der Waals surface area (Å²) in [4.78, 5) is 29.0. The Morgan fingerprint density at radius 1 is 1.21 bits per heavy atom. The first-order valence-corrected chi connectivity index (χ1v) is 12.4. The fourth-order valence-corrected chi connectivity index (χ4v) is 4.80. The Morgan fingerprint density at radius 2 is 1.90 bits per heavy atom. The summed E-state index contributed by atoms with van der Waals surface area (Å²) >= 11 is 0. The molecule has 1 fully saturated rings. The number of anilines is 2. The lowest BCUT2D eigenvalue weighted by molar-refractivity contribution is -0.111. The number of rotatable bonds is 7. The lowest BCUT2D eigenvalue weighted by Gasteiger charge is -2.15. The Morgan fingerprint density at radius 3 is 2.51 bits per heavy atom. The molecule has 1 saturated carbocycles. The molecule has 39 heavy (non-hydrogen) atoms. The van der Waals surface area contributed by atoms with E-state index in [1.165, 1.54) is 19.4 Å². The van der Waals surface area contributed by atoms with Gasteiger partial charge in [-0.05, 0) is 61.2 Å². The number of nitrogens with zero attached hydrogens (tertiary/aromatic N) is 3. The van der Waals surface area contributed by atoms with Crippen LogP contribution in [0.1, 0.15) is 35.7 Å². The number of ether oxygens (including phenoxy) is 1. The molecule has 1 aliphatic carbocycles. The largest absolute Gasteiger partial charge is 0.496 e. The summed E-state index contributed by atoms with van der Waals surface area (Å²) in [5.74, 6) is 0.194. The Bertz CT molecular complexity index is 1690. The minimum Gasteiger partial charge on any atom is -0.496 e. The van der Waals surface area contributed by atoms with Crippen LogP contribution in [0.3, 0.4) is 0 Å². The molecule has 1 aliphatic rings. The van der Waals surface area contributed by atoms with Crippen molar-refractivity contribution in [2.24, 2.45) is 7.05 Å². The zero-order valence-corrected chi connectivity index (χ0v) is 22.0. The molecule has 9 nitrogen and oxygen atoms in total. The SMILES string of the molecule is C=CC(=O)Nc1ccc(-c2c(-c3ccc(C(=O)NC4(C)CC4)c(OC)c3)c3c(N)ncc(C#N)c3n2C)cc1. The van der Waals surface area contributed by atoms with Crippen molar-refractivity contribution >= 4 is 34.2 Å². The number of nitrogen functional groups attached to an aromatic ring is 1. The molecule has 0 aliphatic heterocycles. The van der Waals surface area contributed by atoms with E-state index in [2.05, 4.69) is 28.3 Å². The Balaban J connectivity index is 1.71. The van der Waals surface area contributed by atoms with Crippen molar-refractivity contribution < 1.29 is 14.3 Å². The molecule has 0 spiro atoms. The molecule has 4 aromatic rings. The van der Waals surface area contributed by atoms with E-state index in [1.807, 2.05) is 36.7 Å². The van der Waals surface area contributed by atoms with E-state index in [1.54, 1.807) is 24.3 Å². The van der Waals surface area contributed by atoms with Gasteiger partial charge in [0.25, 0.3) is 5.91 Å². The number of hydrogen-bond donors (Lipinski definition) is 3. The monoisotopic (exact) mass is 520 g/mol. The molecule has 4 N–H and O–H groups in total. The fraction of sp³-hybridized carbons (Fsp3) is 0.200. The second-order valence-corrected chi connectivity index (χ2v) is 9.88. The fourth-order valence-electron chi connectivity index (χ4n) is 4.80. The normalized spacial score (nSPS) is 13.4. The zero-order chi connectivity index (χ0) is 27.9. The summed E-state index contributed by atoms with van der Waals surface area (Å²) in [6.07, 6.45) is 4.56. The van der Waals surface area contributed by atoms with Crippen molar-refractivity contribution in [2.75, 3.05) is 18.2 Å². The molecule has 196 valence electrons. The third-order valence-corrected chi connectivity index (χ3v) is 7.12. The topological polar surface area (TPSA) is 135 Å². The summed E-state index contributed by atoms with van der Waals surface area (Å²) in [6.45, 7) is 5.50. The molecule has 2 aromatic carbocycles. The highest BCUT2D eigenvalue weighted by Gasteiger charge is 2.39. The summed E-state index contributed by atoms with van der Waals surface area (Å²) < 4.78 is 7.57. The predicted octanol–water partition coefficient (Wildman–Crippen LogP) is 4.78. The molecule has 2 heterocycles. The number of carbonyl (C=O) groups is 2. The van der Waals surface area contributed by atoms with Crippen molar-refractivity contribution in [3.8, 4) is 34.2 Å². The van der Waals surface area contributed by atoms with E-state index in [0.29, 0.717) is 33.5 Å². The van der Waals surface area contributed by atoms with Gasteiger partial charge in [-0.15, -0.1) is 0 Å². The summed E-state index contributed by atoms with van der Waals surface area (Å²) in [5.41, 5.74) is 11.4. The summed E-state index contributed by atoms with van der Waals surface area (Å²) in [6, 6.07) is 14.9. The molecule has 9 heteroatoms. The number of nitriles is 1. The molecule has 0 saturated heterocycles. The van der Waals surface area contributed by atoms with Crippen LogP contribution in [0.5, 0.6) is 5.75 Å². The minimum absolute atomic E-state index is 0.172. The summed E-state index contributed by atoms with van der Waals surface area (Å²) in [7, 11) is 3.39. The maximum absolute atomic E-state index is 13.0. The Hall–Kier alpha value is -5.10. The van der Waals surface area contributed by atoms with Crippen molar-refractivity contribution in [3.05, 3.63) is 72.4 Å². The van der Waals surface area contributed by atoms with E-state index in [4.69, 9.17) is 10.5 Å². The van der Waals surface area contributed by atoms with Crippen LogP contribution in [-0.2, 0) is 11.8 Å². The molecule has 5 rings (SSSR count). The number of aromatic nitrogens is 2. The number of benzene rings is 2. The Labute approximate surface area is 225 Å². The van der Waals surface area contributed by atoms with Gasteiger partial charge in [0.2, 0.25) is 5.91 Å². The van der Waals surface area contributed by atoms with Crippen LogP contribution in [0, 0.1) is 11.3 Å². The van der Waals surface area contributed by atoms with Crippen molar-refractivity contribution in [1.29, 1.82) is 5.26 Å². The summed E-state index contributed by atoms with van der Waals surface area (Å²) in [5, 5.41) is 16.3. The van der Waals surface area contributed by atoms with E-state index >= 15 is 0 Å². The van der Waals surface area contributed by atoms with E-state index < -0.39 is 0 Å². The minimum atomic E-state index is -0.308. The molecule has 2 amide bonds. The first-order chi connectivity index (χ1) is 18.7. The van der Waals surface area contributed by atoms with Gasteiger partial charge in [-0.3, -0.25) is 9.59 Å². The van der Waals surface area contributed by atoms with Crippen LogP contribution in [-0.4, -0.2) is 34.0 Å². The average Bonchev–Trinajstić information content (AvgIpc) is 3.58. The van der Waals surface area contributed by atoms with Gasteiger partial charge in [0.05, 0.1) is 34.8 Å². The number of aryl methyl sites for hydroxylation is 1. The molecular weight excluding hydrogens is 492 g/mol. The molecule has 0 radical (unpaired) electrons. The van der Waals surface area contributed by atoms with Crippen LogP contribution in [0.4, 0.5) is 11.5 Å². The van der Waals surface area contributed by atoms with Crippen LogP contribution in [0.25, 0.3) is 33.3 Å². The third kappa shape index (κ3) is 4.57. The van der Waals surface area contributed by atoms with E-state index in [0.717, 1.165) is 35.2 Å². The van der Waals surface area contributed by atoms with Crippen LogP contribution >= 0.6 is 0 Å². The molecule has 2 aromatic heterocycles. The highest BCUT2D eigenvalue weighted by atomic mass is 16.5. The number of fused-ring (bicyclic) bond motifs is 1. The Kier molecular flexibility index (Phi) is 6.32. The van der Waals surface area contributed by atoms with E-state index in [-0.39, 0.29) is 23.2 Å². The standard InChI is InChI=1S/C30H28N6O3/c1-5-23(37)34-20-9-6-17(7-10-20)26-24(25-27(36(26)3)19(15-31)16-33-28(25)32)18-8-11-21(22(14-18)39-4)29(38)35-30(2)12-13-30/h5-11,14,16H,1,12-13H2,2-4H3,(H2,32,33)(H,34,37)(H,35,38).